The molecule has 1 unspecified atom stereocenters. The third kappa shape index (κ3) is 5.73. The summed E-state index contributed by atoms with van der Waals surface area (Å²) < 4.78 is 7.76. The van der Waals surface area contributed by atoms with E-state index >= 15 is 0 Å². The van der Waals surface area contributed by atoms with Gasteiger partial charge in [0.05, 0.1) is 12.8 Å². The quantitative estimate of drug-likeness (QED) is 0.772. The molecule has 1 heterocycles. The molecule has 5 nitrogen and oxygen atoms in total. The van der Waals surface area contributed by atoms with Crippen LogP contribution >= 0.6 is 0 Å². The van der Waals surface area contributed by atoms with Gasteiger partial charge in [0, 0.05) is 13.1 Å². The van der Waals surface area contributed by atoms with E-state index in [1.54, 1.807) is 10.9 Å². The lowest BCUT2D eigenvalue weighted by molar-refractivity contribution is 0.0914. The first kappa shape index (κ1) is 20.2. The van der Waals surface area contributed by atoms with Crippen molar-refractivity contribution in [1.82, 2.24) is 15.1 Å². The van der Waals surface area contributed by atoms with Gasteiger partial charge >= 0.3 is 0 Å². The topological polar surface area (TPSA) is 56.2 Å². The van der Waals surface area contributed by atoms with E-state index in [1.807, 2.05) is 7.05 Å². The van der Waals surface area contributed by atoms with Gasteiger partial charge in [0.15, 0.2) is 0 Å². The molecule has 1 N–H and O–H groups in total. The highest BCUT2D eigenvalue weighted by Crippen LogP contribution is 2.27. The second-order valence-electron chi connectivity index (χ2n) is 8.67. The summed E-state index contributed by atoms with van der Waals surface area (Å²) in [7, 11) is 1.85. The number of ether oxygens (including phenoxy) is 1. The van der Waals surface area contributed by atoms with Gasteiger partial charge in [-0.3, -0.25) is 4.79 Å². The lowest BCUT2D eigenvalue weighted by atomic mass is 9.86. The Morgan fingerprint density at radius 3 is 2.41 bits per heavy atom. The average molecular weight is 376 g/mol. The van der Waals surface area contributed by atoms with Crippen LogP contribution in [0.4, 0.5) is 0 Å². The molecule has 5 heteroatoms. The Morgan fingerprint density at radius 1 is 1.11 bits per heavy atom. The van der Waals surface area contributed by atoms with Crippen LogP contribution in [-0.2, 0) is 7.05 Å². The van der Waals surface area contributed by atoms with Crippen LogP contribution in [0.15, 0.2) is 6.20 Å². The number of nitrogens with one attached hydrogen (secondary N) is 1. The van der Waals surface area contributed by atoms with E-state index in [-0.39, 0.29) is 11.9 Å². The molecule has 0 bridgehead atoms. The Hall–Kier alpha value is -1.52. The van der Waals surface area contributed by atoms with E-state index < -0.39 is 0 Å². The highest BCUT2D eigenvalue weighted by atomic mass is 16.5. The summed E-state index contributed by atoms with van der Waals surface area (Å²) in [6.45, 7) is 2.85. The molecule has 27 heavy (non-hydrogen) atoms. The van der Waals surface area contributed by atoms with Crippen molar-refractivity contribution in [2.75, 3.05) is 6.61 Å². The molecule has 1 aromatic heterocycles. The number of carbonyl (C=O) groups is 1. The fourth-order valence-corrected chi connectivity index (χ4v) is 4.69. The average Bonchev–Trinajstić information content (AvgIpc) is 3.01. The fraction of sp³-hybridized carbons (Fsp3) is 0.818. The zero-order chi connectivity index (χ0) is 19.1. The molecule has 1 aromatic rings. The van der Waals surface area contributed by atoms with Crippen molar-refractivity contribution in [2.45, 2.75) is 90.0 Å². The van der Waals surface area contributed by atoms with Gasteiger partial charge in [0.25, 0.3) is 5.91 Å². The Kier molecular flexibility index (Phi) is 7.59. The van der Waals surface area contributed by atoms with Crippen molar-refractivity contribution in [3.05, 3.63) is 11.8 Å². The van der Waals surface area contributed by atoms with Crippen LogP contribution in [0.25, 0.3) is 0 Å². The molecule has 2 fully saturated rings. The van der Waals surface area contributed by atoms with E-state index in [9.17, 15) is 4.79 Å². The van der Waals surface area contributed by atoms with E-state index in [2.05, 4.69) is 17.3 Å². The predicted octanol–water partition coefficient (Wildman–Crippen LogP) is 4.86. The first-order valence-electron chi connectivity index (χ1n) is 11.1. The summed E-state index contributed by atoms with van der Waals surface area (Å²) in [5.41, 5.74) is 0.575. The number of aromatic nitrogens is 2. The van der Waals surface area contributed by atoms with Crippen LogP contribution in [0.2, 0.25) is 0 Å². The smallest absolute Gasteiger partial charge is 0.258 e. The maximum absolute atomic E-state index is 12.9. The Labute approximate surface area is 164 Å². The van der Waals surface area contributed by atoms with Crippen molar-refractivity contribution in [1.29, 1.82) is 0 Å². The molecular formula is C22H37N3O2. The minimum Gasteiger partial charge on any atom is -0.477 e. The van der Waals surface area contributed by atoms with Gasteiger partial charge in [0.2, 0.25) is 5.88 Å². The molecule has 0 aliphatic heterocycles. The molecule has 2 aliphatic carbocycles. The lowest BCUT2D eigenvalue weighted by Gasteiger charge is -2.26. The molecule has 152 valence electrons. The molecule has 0 radical (unpaired) electrons. The second kappa shape index (κ2) is 10.1. The Morgan fingerprint density at radius 2 is 1.70 bits per heavy atom. The third-order valence-electron chi connectivity index (χ3n) is 6.53. The molecule has 0 spiro atoms. The van der Waals surface area contributed by atoms with Crippen LogP contribution in [-0.4, -0.2) is 28.3 Å². The molecule has 0 saturated heterocycles. The zero-order valence-electron chi connectivity index (χ0n) is 17.2. The van der Waals surface area contributed by atoms with E-state index in [0.717, 1.165) is 0 Å². The van der Waals surface area contributed by atoms with Crippen molar-refractivity contribution in [2.24, 2.45) is 18.9 Å². The van der Waals surface area contributed by atoms with Crippen LogP contribution < -0.4 is 10.1 Å². The van der Waals surface area contributed by atoms with Crippen LogP contribution in [0.3, 0.4) is 0 Å². The molecule has 3 rings (SSSR count). The van der Waals surface area contributed by atoms with E-state index in [0.29, 0.717) is 29.9 Å². The maximum atomic E-state index is 12.9. The molecule has 0 aromatic carbocycles. The normalized spacial score (nSPS) is 21.3. The summed E-state index contributed by atoms with van der Waals surface area (Å²) in [5.74, 6) is 1.76. The first-order chi connectivity index (χ1) is 13.1. The van der Waals surface area contributed by atoms with Gasteiger partial charge in [-0.15, -0.1) is 0 Å². The van der Waals surface area contributed by atoms with Crippen molar-refractivity contribution in [3.8, 4) is 5.88 Å². The van der Waals surface area contributed by atoms with Gasteiger partial charge in [-0.2, -0.15) is 5.10 Å². The van der Waals surface area contributed by atoms with E-state index in [4.69, 9.17) is 4.74 Å². The summed E-state index contributed by atoms with van der Waals surface area (Å²) in [5, 5.41) is 7.51. The maximum Gasteiger partial charge on any atom is 0.258 e. The monoisotopic (exact) mass is 375 g/mol. The van der Waals surface area contributed by atoms with Crippen molar-refractivity contribution < 1.29 is 9.53 Å². The van der Waals surface area contributed by atoms with Crippen molar-refractivity contribution in [3.63, 3.8) is 0 Å². The van der Waals surface area contributed by atoms with E-state index in [1.165, 1.54) is 77.0 Å². The number of rotatable bonds is 6. The Balaban J connectivity index is 1.57. The number of hydrogen-bond acceptors (Lipinski definition) is 3. The van der Waals surface area contributed by atoms with Crippen molar-refractivity contribution >= 4 is 5.91 Å². The van der Waals surface area contributed by atoms with Gasteiger partial charge in [-0.1, -0.05) is 51.4 Å². The van der Waals surface area contributed by atoms with Crippen LogP contribution in [0, 0.1) is 11.8 Å². The molecule has 1 amide bonds. The van der Waals surface area contributed by atoms with Crippen LogP contribution in [0.5, 0.6) is 5.88 Å². The molecule has 1 atom stereocenters. The minimum atomic E-state index is -0.0451. The fourth-order valence-electron chi connectivity index (χ4n) is 4.69. The van der Waals surface area contributed by atoms with Gasteiger partial charge in [0.1, 0.15) is 5.56 Å². The molecule has 2 aliphatic rings. The number of carbonyl (C=O) groups excluding carboxylic acids is 1. The van der Waals surface area contributed by atoms with Gasteiger partial charge in [-0.05, 0) is 44.4 Å². The second-order valence-corrected chi connectivity index (χ2v) is 8.67. The summed E-state index contributed by atoms with van der Waals surface area (Å²) in [4.78, 5) is 12.9. The largest absolute Gasteiger partial charge is 0.477 e. The standard InChI is InChI=1S/C22H37N3O2/c1-17(19-13-9-4-3-5-10-14-19)24-21(26)20-15-23-25(2)22(20)27-16-18-11-7-6-8-12-18/h15,17-19H,3-14,16H2,1-2H3,(H,24,26). The Bertz CT molecular complexity index is 584. The van der Waals surface area contributed by atoms with Crippen LogP contribution in [0.1, 0.15) is 94.3 Å². The summed E-state index contributed by atoms with van der Waals surface area (Å²) in [6, 6.07) is 0.196. The van der Waals surface area contributed by atoms with Gasteiger partial charge in [-0.25, -0.2) is 4.68 Å². The summed E-state index contributed by atoms with van der Waals surface area (Å²) in [6.07, 6.45) is 17.1. The first-order valence-corrected chi connectivity index (χ1v) is 11.1. The minimum absolute atomic E-state index is 0.0451. The summed E-state index contributed by atoms with van der Waals surface area (Å²) >= 11 is 0. The SMILES string of the molecule is CC(NC(=O)c1cnn(C)c1OCC1CCCCC1)C1CCCCCCC1. The van der Waals surface area contributed by atoms with Gasteiger partial charge < -0.3 is 10.1 Å². The highest BCUT2D eigenvalue weighted by molar-refractivity contribution is 5.96. The molecular weight excluding hydrogens is 338 g/mol. The number of amides is 1. The number of nitrogens with zero attached hydrogens (tertiary/aromatic N) is 2. The highest BCUT2D eigenvalue weighted by Gasteiger charge is 2.24. The number of aryl methyl sites for hydroxylation is 1. The molecule has 2 saturated carbocycles. The number of hydrogen-bond donors (Lipinski definition) is 1. The zero-order valence-corrected chi connectivity index (χ0v) is 17.2. The predicted molar refractivity (Wildman–Crippen MR) is 108 cm³/mol. The third-order valence-corrected chi connectivity index (χ3v) is 6.53. The lowest BCUT2D eigenvalue weighted by Crippen LogP contribution is -2.38.